The summed E-state index contributed by atoms with van der Waals surface area (Å²) in [6, 6.07) is 11.8. The molecule has 0 atom stereocenters. The lowest BCUT2D eigenvalue weighted by Crippen LogP contribution is -2.42. The standard InChI is InChI=1S/C18H20N2O5/c1-23-14-6-4-5-13(11-14)18(22)20-19-17(21)10-12-7-8-15(24-2)16(9-12)25-3/h4-9,11H,10H2,1-3H3,(H,19,21)(H,20,22). The van der Waals surface area contributed by atoms with E-state index in [4.69, 9.17) is 14.2 Å². The fraction of sp³-hybridized carbons (Fsp3) is 0.222. The lowest BCUT2D eigenvalue weighted by Gasteiger charge is -2.10. The second-order valence-electron chi connectivity index (χ2n) is 5.10. The zero-order valence-corrected chi connectivity index (χ0v) is 14.3. The van der Waals surface area contributed by atoms with E-state index in [0.717, 1.165) is 5.56 Å². The van der Waals surface area contributed by atoms with Crippen molar-refractivity contribution in [3.05, 3.63) is 53.6 Å². The Kier molecular flexibility index (Phi) is 6.22. The molecule has 2 rings (SSSR count). The molecule has 0 radical (unpaired) electrons. The predicted molar refractivity (Wildman–Crippen MR) is 91.9 cm³/mol. The Balaban J connectivity index is 1.93. The van der Waals surface area contributed by atoms with Crippen molar-refractivity contribution >= 4 is 11.8 Å². The molecule has 2 aromatic rings. The van der Waals surface area contributed by atoms with Crippen molar-refractivity contribution in [1.29, 1.82) is 0 Å². The number of carbonyl (C=O) groups excluding carboxylic acids is 2. The van der Waals surface area contributed by atoms with Gasteiger partial charge in [0.1, 0.15) is 5.75 Å². The summed E-state index contributed by atoms with van der Waals surface area (Å²) in [5.41, 5.74) is 5.86. The number of hydrogen-bond acceptors (Lipinski definition) is 5. The van der Waals surface area contributed by atoms with Crippen molar-refractivity contribution in [2.45, 2.75) is 6.42 Å². The molecular weight excluding hydrogens is 324 g/mol. The third-order valence-electron chi connectivity index (χ3n) is 3.46. The van der Waals surface area contributed by atoms with Crippen molar-refractivity contribution in [3.8, 4) is 17.2 Å². The van der Waals surface area contributed by atoms with E-state index >= 15 is 0 Å². The van der Waals surface area contributed by atoms with Gasteiger partial charge in [0, 0.05) is 5.56 Å². The molecule has 0 aliphatic heterocycles. The molecule has 0 fully saturated rings. The first-order chi connectivity index (χ1) is 12.1. The molecule has 0 aliphatic rings. The van der Waals surface area contributed by atoms with Gasteiger partial charge < -0.3 is 14.2 Å². The SMILES string of the molecule is COc1cccc(C(=O)NNC(=O)Cc2ccc(OC)c(OC)c2)c1. The third kappa shape index (κ3) is 4.87. The van der Waals surface area contributed by atoms with Gasteiger partial charge in [-0.1, -0.05) is 12.1 Å². The zero-order chi connectivity index (χ0) is 18.2. The number of hydrazine groups is 1. The van der Waals surface area contributed by atoms with E-state index in [9.17, 15) is 9.59 Å². The molecule has 0 spiro atoms. The molecule has 0 unspecified atom stereocenters. The summed E-state index contributed by atoms with van der Waals surface area (Å²) in [7, 11) is 4.58. The maximum Gasteiger partial charge on any atom is 0.269 e. The van der Waals surface area contributed by atoms with Crippen LogP contribution in [0.25, 0.3) is 0 Å². The third-order valence-corrected chi connectivity index (χ3v) is 3.46. The van der Waals surface area contributed by atoms with Crippen LogP contribution in [0, 0.1) is 0 Å². The molecule has 132 valence electrons. The van der Waals surface area contributed by atoms with Gasteiger partial charge in [0.05, 0.1) is 27.8 Å². The Bertz CT molecular complexity index is 761. The number of carbonyl (C=O) groups is 2. The quantitative estimate of drug-likeness (QED) is 0.779. The molecule has 7 nitrogen and oxygen atoms in total. The van der Waals surface area contributed by atoms with E-state index in [2.05, 4.69) is 10.9 Å². The summed E-state index contributed by atoms with van der Waals surface area (Å²) in [4.78, 5) is 24.0. The highest BCUT2D eigenvalue weighted by atomic mass is 16.5. The molecule has 0 heterocycles. The second kappa shape index (κ2) is 8.58. The van der Waals surface area contributed by atoms with Gasteiger partial charge in [-0.3, -0.25) is 20.4 Å². The van der Waals surface area contributed by atoms with E-state index in [-0.39, 0.29) is 12.3 Å². The van der Waals surface area contributed by atoms with Crippen LogP contribution in [0.3, 0.4) is 0 Å². The maximum atomic E-state index is 12.0. The average molecular weight is 344 g/mol. The van der Waals surface area contributed by atoms with Crippen molar-refractivity contribution in [1.82, 2.24) is 10.9 Å². The van der Waals surface area contributed by atoms with Gasteiger partial charge in [-0.25, -0.2) is 0 Å². The molecule has 0 saturated carbocycles. The van der Waals surface area contributed by atoms with Gasteiger partial charge in [-0.05, 0) is 35.9 Å². The van der Waals surface area contributed by atoms with Crippen LogP contribution in [0.1, 0.15) is 15.9 Å². The summed E-state index contributed by atoms with van der Waals surface area (Å²) in [6.07, 6.45) is 0.0821. The minimum Gasteiger partial charge on any atom is -0.497 e. The fourth-order valence-corrected chi connectivity index (χ4v) is 2.18. The molecule has 0 bridgehead atoms. The largest absolute Gasteiger partial charge is 0.497 e. The lowest BCUT2D eigenvalue weighted by atomic mass is 10.1. The second-order valence-corrected chi connectivity index (χ2v) is 5.10. The minimum absolute atomic E-state index is 0.0821. The maximum absolute atomic E-state index is 12.0. The van der Waals surface area contributed by atoms with Crippen molar-refractivity contribution in [2.24, 2.45) is 0 Å². The lowest BCUT2D eigenvalue weighted by molar-refractivity contribution is -0.121. The van der Waals surface area contributed by atoms with E-state index in [1.165, 1.54) is 14.2 Å². The molecule has 0 aliphatic carbocycles. The zero-order valence-electron chi connectivity index (χ0n) is 14.3. The van der Waals surface area contributed by atoms with Crippen LogP contribution in [-0.4, -0.2) is 33.1 Å². The summed E-state index contributed by atoms with van der Waals surface area (Å²) < 4.78 is 15.4. The number of rotatable bonds is 6. The highest BCUT2D eigenvalue weighted by Gasteiger charge is 2.11. The van der Waals surface area contributed by atoms with Crippen LogP contribution in [0.2, 0.25) is 0 Å². The van der Waals surface area contributed by atoms with Crippen LogP contribution in [0.5, 0.6) is 17.2 Å². The van der Waals surface area contributed by atoms with Crippen molar-refractivity contribution in [3.63, 3.8) is 0 Å². The van der Waals surface area contributed by atoms with Crippen LogP contribution < -0.4 is 25.1 Å². The Morgan fingerprint density at radius 1 is 0.880 bits per heavy atom. The van der Waals surface area contributed by atoms with E-state index in [1.54, 1.807) is 49.6 Å². The van der Waals surface area contributed by atoms with Gasteiger partial charge in [0.25, 0.3) is 5.91 Å². The Hall–Kier alpha value is -3.22. The Morgan fingerprint density at radius 2 is 1.64 bits per heavy atom. The minimum atomic E-state index is -0.431. The molecule has 2 N–H and O–H groups in total. The monoisotopic (exact) mass is 344 g/mol. The summed E-state index contributed by atoms with van der Waals surface area (Å²) in [5.74, 6) is 0.888. The van der Waals surface area contributed by atoms with Gasteiger partial charge in [0.15, 0.2) is 11.5 Å². The summed E-state index contributed by atoms with van der Waals surface area (Å²) in [5, 5.41) is 0. The fourth-order valence-electron chi connectivity index (χ4n) is 2.18. The highest BCUT2D eigenvalue weighted by Crippen LogP contribution is 2.27. The van der Waals surface area contributed by atoms with Gasteiger partial charge in [0.2, 0.25) is 5.91 Å². The number of nitrogens with one attached hydrogen (secondary N) is 2. The van der Waals surface area contributed by atoms with Crippen LogP contribution in [-0.2, 0) is 11.2 Å². The normalized spacial score (nSPS) is 9.88. The number of methoxy groups -OCH3 is 3. The average Bonchev–Trinajstić information content (AvgIpc) is 2.65. The topological polar surface area (TPSA) is 85.9 Å². The van der Waals surface area contributed by atoms with E-state index < -0.39 is 5.91 Å². The predicted octanol–water partition coefficient (Wildman–Crippen LogP) is 1.72. The summed E-state index contributed by atoms with van der Waals surface area (Å²) >= 11 is 0. The molecule has 25 heavy (non-hydrogen) atoms. The molecule has 7 heteroatoms. The number of hydrogen-bond donors (Lipinski definition) is 2. The first kappa shape index (κ1) is 18.1. The van der Waals surface area contributed by atoms with E-state index in [0.29, 0.717) is 22.8 Å². The number of amides is 2. The number of ether oxygens (including phenoxy) is 3. The molecule has 2 aromatic carbocycles. The van der Waals surface area contributed by atoms with Gasteiger partial charge in [-0.2, -0.15) is 0 Å². The van der Waals surface area contributed by atoms with Crippen LogP contribution in [0.4, 0.5) is 0 Å². The number of benzene rings is 2. The van der Waals surface area contributed by atoms with Gasteiger partial charge >= 0.3 is 0 Å². The van der Waals surface area contributed by atoms with Crippen molar-refractivity contribution < 1.29 is 23.8 Å². The first-order valence-corrected chi connectivity index (χ1v) is 7.51. The van der Waals surface area contributed by atoms with Crippen molar-refractivity contribution in [2.75, 3.05) is 21.3 Å². The molecule has 0 saturated heterocycles. The first-order valence-electron chi connectivity index (χ1n) is 7.51. The van der Waals surface area contributed by atoms with Gasteiger partial charge in [-0.15, -0.1) is 0 Å². The van der Waals surface area contributed by atoms with Crippen LogP contribution >= 0.6 is 0 Å². The smallest absolute Gasteiger partial charge is 0.269 e. The Labute approximate surface area is 145 Å². The van der Waals surface area contributed by atoms with Crippen LogP contribution in [0.15, 0.2) is 42.5 Å². The summed E-state index contributed by atoms with van der Waals surface area (Å²) in [6.45, 7) is 0. The van der Waals surface area contributed by atoms with E-state index in [1.807, 2.05) is 0 Å². The highest BCUT2D eigenvalue weighted by molar-refractivity contribution is 5.95. The Morgan fingerprint density at radius 3 is 2.32 bits per heavy atom. The molecular formula is C18H20N2O5. The molecule has 0 aromatic heterocycles. The molecule has 2 amide bonds.